The summed E-state index contributed by atoms with van der Waals surface area (Å²) in [7, 11) is -3.49. The highest BCUT2D eigenvalue weighted by Gasteiger charge is 2.24. The first-order chi connectivity index (χ1) is 15.1. The van der Waals surface area contributed by atoms with Crippen LogP contribution in [0.2, 0.25) is 0 Å². The molecule has 3 N–H and O–H groups in total. The van der Waals surface area contributed by atoms with E-state index in [1.54, 1.807) is 13.0 Å². The summed E-state index contributed by atoms with van der Waals surface area (Å²) >= 11 is 0. The molecule has 0 atom stereocenters. The van der Waals surface area contributed by atoms with E-state index in [1.165, 1.54) is 31.4 Å². The average molecular weight is 457 g/mol. The summed E-state index contributed by atoms with van der Waals surface area (Å²) in [6.45, 7) is 8.97. The minimum Gasteiger partial charge on any atom is -0.497 e. The fourth-order valence-electron chi connectivity index (χ4n) is 2.78. The SMILES string of the molecule is [C-]#[N+]c1[nH]n(-c2ccc(OC)cc2S(=O)(=O)O)c(=O)c1N=Nc1ccc(C)cc1C(=O)O. The number of H-pyrrole nitrogens is 1. The van der Waals surface area contributed by atoms with E-state index in [1.807, 2.05) is 0 Å². The molecule has 164 valence electrons. The van der Waals surface area contributed by atoms with Crippen molar-refractivity contribution in [1.82, 2.24) is 9.78 Å². The number of azo groups is 1. The Morgan fingerprint density at radius 1 is 1.22 bits per heavy atom. The van der Waals surface area contributed by atoms with Crippen LogP contribution in [0.25, 0.3) is 10.5 Å². The minimum absolute atomic E-state index is 0.0470. The minimum atomic E-state index is -4.77. The summed E-state index contributed by atoms with van der Waals surface area (Å²) in [6.07, 6.45) is 0. The van der Waals surface area contributed by atoms with Crippen LogP contribution in [-0.2, 0) is 10.1 Å². The molecule has 1 aromatic heterocycles. The molecule has 0 saturated heterocycles. The number of nitrogens with one attached hydrogen (secondary N) is 1. The summed E-state index contributed by atoms with van der Waals surface area (Å²) in [5, 5.41) is 19.3. The predicted molar refractivity (Wildman–Crippen MR) is 111 cm³/mol. The molecule has 13 heteroatoms. The van der Waals surface area contributed by atoms with Crippen LogP contribution < -0.4 is 10.3 Å². The third-order valence-corrected chi connectivity index (χ3v) is 5.17. The second-order valence-corrected chi connectivity index (χ2v) is 7.79. The van der Waals surface area contributed by atoms with Gasteiger partial charge in [-0.1, -0.05) is 18.2 Å². The highest BCUT2D eigenvalue weighted by molar-refractivity contribution is 7.86. The largest absolute Gasteiger partial charge is 0.497 e. The van der Waals surface area contributed by atoms with Crippen LogP contribution in [0.4, 0.5) is 17.2 Å². The van der Waals surface area contributed by atoms with Crippen LogP contribution in [0, 0.1) is 13.5 Å². The number of aromatic carboxylic acids is 1. The molecule has 3 aromatic rings. The lowest BCUT2D eigenvalue weighted by molar-refractivity contribution is 0.0697. The third-order valence-electron chi connectivity index (χ3n) is 4.29. The number of carboxylic acid groups (broad SMARTS) is 1. The smallest absolute Gasteiger partial charge is 0.337 e. The number of carbonyl (C=O) groups is 1. The van der Waals surface area contributed by atoms with Gasteiger partial charge in [0.2, 0.25) is 0 Å². The standard InChI is InChI=1S/C19H15N5O7S/c1-10-4-6-13(12(8-10)19(26)27)21-22-16-17(20-2)23-24(18(16)25)14-7-5-11(31-3)9-15(14)32(28,29)30/h4-9,23H,1,3H3,(H,26,27)(H,28,29,30). The molecule has 12 nitrogen and oxygen atoms in total. The lowest BCUT2D eigenvalue weighted by Crippen LogP contribution is -2.17. The molecule has 0 unspecified atom stereocenters. The Kier molecular flexibility index (Phi) is 5.92. The summed E-state index contributed by atoms with van der Waals surface area (Å²) in [5.41, 5.74) is -1.24. The maximum atomic E-state index is 12.9. The Labute approximate surface area is 181 Å². The van der Waals surface area contributed by atoms with Crippen molar-refractivity contribution >= 4 is 33.3 Å². The van der Waals surface area contributed by atoms with Gasteiger partial charge in [-0.3, -0.25) is 9.35 Å². The molecule has 0 fully saturated rings. The molecular weight excluding hydrogens is 442 g/mol. The summed E-state index contributed by atoms with van der Waals surface area (Å²) in [5.74, 6) is -1.53. The number of benzene rings is 2. The number of ether oxygens (including phenoxy) is 1. The monoisotopic (exact) mass is 457 g/mol. The van der Waals surface area contributed by atoms with Gasteiger partial charge < -0.3 is 14.7 Å². The number of methoxy groups -OCH3 is 1. The fraction of sp³-hybridized carbons (Fsp3) is 0.105. The molecule has 32 heavy (non-hydrogen) atoms. The second-order valence-electron chi connectivity index (χ2n) is 6.40. The van der Waals surface area contributed by atoms with Crippen molar-refractivity contribution in [3.63, 3.8) is 0 Å². The van der Waals surface area contributed by atoms with Crippen molar-refractivity contribution in [2.75, 3.05) is 7.11 Å². The number of hydrogen-bond acceptors (Lipinski definition) is 7. The quantitative estimate of drug-likeness (QED) is 0.289. The molecule has 0 aliphatic rings. The first-order valence-corrected chi connectivity index (χ1v) is 10.1. The van der Waals surface area contributed by atoms with Crippen LogP contribution in [-0.4, -0.2) is 40.9 Å². The lowest BCUT2D eigenvalue weighted by Gasteiger charge is -2.07. The lowest BCUT2D eigenvalue weighted by atomic mass is 10.1. The molecule has 2 aromatic carbocycles. The van der Waals surface area contributed by atoms with Gasteiger partial charge in [0.1, 0.15) is 22.0 Å². The van der Waals surface area contributed by atoms with Crippen molar-refractivity contribution in [3.05, 3.63) is 69.3 Å². The zero-order valence-corrected chi connectivity index (χ0v) is 17.4. The van der Waals surface area contributed by atoms with Crippen LogP contribution in [0.5, 0.6) is 5.75 Å². The Morgan fingerprint density at radius 3 is 2.53 bits per heavy atom. The van der Waals surface area contributed by atoms with Crippen LogP contribution in [0.15, 0.2) is 56.3 Å². The fourth-order valence-corrected chi connectivity index (χ4v) is 3.47. The van der Waals surface area contributed by atoms with Crippen molar-refractivity contribution < 1.29 is 27.6 Å². The Balaban J connectivity index is 2.19. The summed E-state index contributed by atoms with van der Waals surface area (Å²) in [4.78, 5) is 26.8. The molecule has 0 amide bonds. The van der Waals surface area contributed by atoms with E-state index in [-0.39, 0.29) is 28.5 Å². The van der Waals surface area contributed by atoms with E-state index < -0.39 is 32.2 Å². The van der Waals surface area contributed by atoms with Gasteiger partial charge in [-0.05, 0) is 31.2 Å². The van der Waals surface area contributed by atoms with Gasteiger partial charge in [-0.2, -0.15) is 23.3 Å². The normalized spacial score (nSPS) is 11.4. The van der Waals surface area contributed by atoms with Gasteiger partial charge in [-0.15, -0.1) is 0 Å². The molecule has 0 radical (unpaired) electrons. The topological polar surface area (TPSA) is 168 Å². The number of rotatable bonds is 6. The molecule has 0 aliphatic carbocycles. The Hall–Kier alpha value is -4.28. The van der Waals surface area contributed by atoms with Crippen LogP contribution in [0.3, 0.4) is 0 Å². The number of aryl methyl sites for hydroxylation is 1. The van der Waals surface area contributed by atoms with E-state index in [0.717, 1.165) is 6.07 Å². The van der Waals surface area contributed by atoms with Crippen molar-refractivity contribution in [2.45, 2.75) is 11.8 Å². The number of aromatic amines is 1. The summed E-state index contributed by atoms with van der Waals surface area (Å²) < 4.78 is 38.9. The van der Waals surface area contributed by atoms with Crippen molar-refractivity contribution in [2.24, 2.45) is 10.2 Å². The van der Waals surface area contributed by atoms with Gasteiger partial charge in [0.15, 0.2) is 5.69 Å². The Bertz CT molecular complexity index is 1460. The molecular formula is C19H15N5O7S. The van der Waals surface area contributed by atoms with E-state index in [0.29, 0.717) is 10.2 Å². The number of hydrogen-bond donors (Lipinski definition) is 3. The van der Waals surface area contributed by atoms with E-state index >= 15 is 0 Å². The zero-order valence-electron chi connectivity index (χ0n) is 16.6. The van der Waals surface area contributed by atoms with Crippen molar-refractivity contribution in [1.29, 1.82) is 0 Å². The maximum Gasteiger partial charge on any atom is 0.337 e. The van der Waals surface area contributed by atoms with Gasteiger partial charge >= 0.3 is 11.5 Å². The van der Waals surface area contributed by atoms with Gasteiger partial charge in [0.05, 0.1) is 12.7 Å². The molecule has 3 rings (SSSR count). The van der Waals surface area contributed by atoms with Gasteiger partial charge in [-0.25, -0.2) is 9.89 Å². The highest BCUT2D eigenvalue weighted by atomic mass is 32.2. The van der Waals surface area contributed by atoms with E-state index in [9.17, 15) is 27.7 Å². The first-order valence-electron chi connectivity index (χ1n) is 8.71. The molecule has 0 aliphatic heterocycles. The highest BCUT2D eigenvalue weighted by Crippen LogP contribution is 2.30. The molecule has 0 saturated carbocycles. The molecule has 1 heterocycles. The van der Waals surface area contributed by atoms with Gasteiger partial charge in [0.25, 0.3) is 15.9 Å². The molecule has 0 bridgehead atoms. The summed E-state index contributed by atoms with van der Waals surface area (Å²) in [6, 6.07) is 7.91. The van der Waals surface area contributed by atoms with E-state index in [4.69, 9.17) is 11.3 Å². The first kappa shape index (κ1) is 22.4. The molecule has 0 spiro atoms. The predicted octanol–water partition coefficient (Wildman–Crippen LogP) is 3.39. The Morgan fingerprint density at radius 2 is 1.94 bits per heavy atom. The number of carboxylic acids is 1. The maximum absolute atomic E-state index is 12.9. The average Bonchev–Trinajstić information content (AvgIpc) is 3.07. The number of aromatic nitrogens is 2. The van der Waals surface area contributed by atoms with Gasteiger partial charge in [0, 0.05) is 6.07 Å². The zero-order chi connectivity index (χ0) is 23.6. The second kappa shape index (κ2) is 8.46. The van der Waals surface area contributed by atoms with Crippen LogP contribution >= 0.6 is 0 Å². The van der Waals surface area contributed by atoms with Crippen molar-refractivity contribution in [3.8, 4) is 11.4 Å². The third kappa shape index (κ3) is 4.26. The number of nitrogens with zero attached hydrogens (tertiary/aromatic N) is 4. The van der Waals surface area contributed by atoms with Crippen LogP contribution in [0.1, 0.15) is 15.9 Å². The van der Waals surface area contributed by atoms with E-state index in [2.05, 4.69) is 20.2 Å².